The number of rotatable bonds is 5. The molecule has 0 amide bonds. The minimum atomic E-state index is -0.225. The van der Waals surface area contributed by atoms with Gasteiger partial charge in [0, 0.05) is 12.0 Å². The summed E-state index contributed by atoms with van der Waals surface area (Å²) in [5.74, 6) is 1.19. The summed E-state index contributed by atoms with van der Waals surface area (Å²) in [5, 5.41) is 0. The van der Waals surface area contributed by atoms with Crippen molar-refractivity contribution >= 4 is 5.97 Å². The standard InChI is InChI=1S/C16H26O2/c1-3-5-11-16(18-15(17)4-2)12-10-13-8-6-7-9-14(13)16/h4,13-14H,2-3,5-12H2,1H3. The molecule has 0 bridgehead atoms. The van der Waals surface area contributed by atoms with Crippen LogP contribution in [0.4, 0.5) is 0 Å². The second-order valence-electron chi connectivity index (χ2n) is 5.98. The lowest BCUT2D eigenvalue weighted by molar-refractivity contribution is -0.161. The van der Waals surface area contributed by atoms with Gasteiger partial charge in [0.25, 0.3) is 0 Å². The van der Waals surface area contributed by atoms with Crippen molar-refractivity contribution in [2.75, 3.05) is 0 Å². The van der Waals surface area contributed by atoms with Crippen LogP contribution >= 0.6 is 0 Å². The van der Waals surface area contributed by atoms with Gasteiger partial charge in [0.2, 0.25) is 0 Å². The van der Waals surface area contributed by atoms with Crippen LogP contribution in [0.3, 0.4) is 0 Å². The van der Waals surface area contributed by atoms with Gasteiger partial charge in [-0.15, -0.1) is 0 Å². The number of fused-ring (bicyclic) bond motifs is 1. The minimum absolute atomic E-state index is 0.160. The van der Waals surface area contributed by atoms with E-state index < -0.39 is 0 Å². The second-order valence-corrected chi connectivity index (χ2v) is 5.98. The zero-order valence-electron chi connectivity index (χ0n) is 11.6. The van der Waals surface area contributed by atoms with Crippen molar-refractivity contribution < 1.29 is 9.53 Å². The van der Waals surface area contributed by atoms with E-state index in [1.54, 1.807) is 0 Å². The van der Waals surface area contributed by atoms with Crippen LogP contribution in [0.15, 0.2) is 12.7 Å². The maximum atomic E-state index is 11.7. The SMILES string of the molecule is C=CC(=O)OC1(CCCC)CCC2CCCCC21. The number of carbonyl (C=O) groups is 1. The molecule has 0 aliphatic heterocycles. The molecule has 0 radical (unpaired) electrons. The lowest BCUT2D eigenvalue weighted by atomic mass is 9.74. The van der Waals surface area contributed by atoms with Crippen molar-refractivity contribution in [1.82, 2.24) is 0 Å². The van der Waals surface area contributed by atoms with Crippen LogP contribution < -0.4 is 0 Å². The third-order valence-electron chi connectivity index (χ3n) is 4.95. The van der Waals surface area contributed by atoms with Crippen LogP contribution in [-0.4, -0.2) is 11.6 Å². The number of hydrogen-bond donors (Lipinski definition) is 0. The zero-order valence-corrected chi connectivity index (χ0v) is 11.6. The molecule has 0 saturated heterocycles. The molecule has 102 valence electrons. The molecule has 0 aromatic heterocycles. The van der Waals surface area contributed by atoms with Gasteiger partial charge in [-0.1, -0.05) is 39.2 Å². The molecule has 2 rings (SSSR count). The zero-order chi connectivity index (χ0) is 13.0. The summed E-state index contributed by atoms with van der Waals surface area (Å²) < 4.78 is 5.86. The summed E-state index contributed by atoms with van der Waals surface area (Å²) in [5.41, 5.74) is -0.160. The molecular formula is C16H26O2. The average molecular weight is 250 g/mol. The first-order valence-electron chi connectivity index (χ1n) is 7.57. The molecule has 0 aromatic rings. The molecule has 2 fully saturated rings. The van der Waals surface area contributed by atoms with Gasteiger partial charge in [0.05, 0.1) is 0 Å². The van der Waals surface area contributed by atoms with Crippen molar-refractivity contribution in [2.24, 2.45) is 11.8 Å². The number of hydrogen-bond acceptors (Lipinski definition) is 2. The summed E-state index contributed by atoms with van der Waals surface area (Å²) in [6.07, 6.45) is 12.3. The van der Waals surface area contributed by atoms with E-state index in [0.29, 0.717) is 5.92 Å². The Morgan fingerprint density at radius 3 is 2.89 bits per heavy atom. The van der Waals surface area contributed by atoms with E-state index >= 15 is 0 Å². The van der Waals surface area contributed by atoms with Crippen LogP contribution in [0, 0.1) is 11.8 Å². The van der Waals surface area contributed by atoms with Gasteiger partial charge in [0.15, 0.2) is 0 Å². The summed E-state index contributed by atoms with van der Waals surface area (Å²) in [4.78, 5) is 11.7. The van der Waals surface area contributed by atoms with E-state index in [4.69, 9.17) is 4.74 Å². The first-order valence-corrected chi connectivity index (χ1v) is 7.57. The third kappa shape index (κ3) is 2.62. The molecule has 0 N–H and O–H groups in total. The Labute approximate surface area is 111 Å². The Morgan fingerprint density at radius 2 is 2.17 bits per heavy atom. The Kier molecular flexibility index (Phi) is 4.47. The van der Waals surface area contributed by atoms with Crippen LogP contribution in [0.25, 0.3) is 0 Å². The predicted octanol–water partition coefficient (Wildman–Crippen LogP) is 4.24. The van der Waals surface area contributed by atoms with Gasteiger partial charge < -0.3 is 4.74 Å². The van der Waals surface area contributed by atoms with Gasteiger partial charge in [-0.25, -0.2) is 4.79 Å². The van der Waals surface area contributed by atoms with Crippen molar-refractivity contribution in [2.45, 2.75) is 70.3 Å². The average Bonchev–Trinajstić information content (AvgIpc) is 2.76. The highest BCUT2D eigenvalue weighted by Gasteiger charge is 2.50. The fraction of sp³-hybridized carbons (Fsp3) is 0.812. The Morgan fingerprint density at radius 1 is 1.39 bits per heavy atom. The van der Waals surface area contributed by atoms with Crippen molar-refractivity contribution in [3.63, 3.8) is 0 Å². The first kappa shape index (κ1) is 13.6. The van der Waals surface area contributed by atoms with Gasteiger partial charge in [-0.05, 0) is 38.0 Å². The quantitative estimate of drug-likeness (QED) is 0.538. The first-order chi connectivity index (χ1) is 8.72. The summed E-state index contributed by atoms with van der Waals surface area (Å²) >= 11 is 0. The number of unbranched alkanes of at least 4 members (excludes halogenated alkanes) is 1. The fourth-order valence-corrected chi connectivity index (χ4v) is 4.07. The van der Waals surface area contributed by atoms with Crippen molar-refractivity contribution in [3.8, 4) is 0 Å². The van der Waals surface area contributed by atoms with Crippen LogP contribution in [0.1, 0.15) is 64.7 Å². The normalized spacial score (nSPS) is 34.9. The second kappa shape index (κ2) is 5.90. The molecule has 2 aliphatic carbocycles. The van der Waals surface area contributed by atoms with E-state index in [1.807, 2.05) is 0 Å². The van der Waals surface area contributed by atoms with E-state index in [9.17, 15) is 4.79 Å². The fourth-order valence-electron chi connectivity index (χ4n) is 4.07. The maximum Gasteiger partial charge on any atom is 0.330 e. The molecule has 18 heavy (non-hydrogen) atoms. The van der Waals surface area contributed by atoms with Gasteiger partial charge >= 0.3 is 5.97 Å². The van der Waals surface area contributed by atoms with Gasteiger partial charge in [0.1, 0.15) is 5.60 Å². The summed E-state index contributed by atoms with van der Waals surface area (Å²) in [6, 6.07) is 0. The van der Waals surface area contributed by atoms with E-state index in [2.05, 4.69) is 13.5 Å². The minimum Gasteiger partial charge on any atom is -0.456 e. The molecule has 0 spiro atoms. The van der Waals surface area contributed by atoms with Gasteiger partial charge in [-0.2, -0.15) is 0 Å². The van der Waals surface area contributed by atoms with Crippen LogP contribution in [0.2, 0.25) is 0 Å². The van der Waals surface area contributed by atoms with Crippen LogP contribution in [-0.2, 0) is 9.53 Å². The van der Waals surface area contributed by atoms with E-state index in [1.165, 1.54) is 44.6 Å². The monoisotopic (exact) mass is 250 g/mol. The van der Waals surface area contributed by atoms with Crippen molar-refractivity contribution in [1.29, 1.82) is 0 Å². The lowest BCUT2D eigenvalue weighted by Crippen LogP contribution is -2.41. The van der Waals surface area contributed by atoms with Gasteiger partial charge in [-0.3, -0.25) is 0 Å². The molecule has 3 unspecified atom stereocenters. The van der Waals surface area contributed by atoms with Crippen molar-refractivity contribution in [3.05, 3.63) is 12.7 Å². The molecule has 3 atom stereocenters. The van der Waals surface area contributed by atoms with Crippen LogP contribution in [0.5, 0.6) is 0 Å². The topological polar surface area (TPSA) is 26.3 Å². The highest BCUT2D eigenvalue weighted by atomic mass is 16.6. The number of ether oxygens (including phenoxy) is 1. The highest BCUT2D eigenvalue weighted by molar-refractivity contribution is 5.81. The molecular weight excluding hydrogens is 224 g/mol. The number of esters is 1. The smallest absolute Gasteiger partial charge is 0.330 e. The molecule has 2 aliphatic rings. The Bertz CT molecular complexity index is 310. The predicted molar refractivity (Wildman–Crippen MR) is 73.2 cm³/mol. The summed E-state index contributed by atoms with van der Waals surface area (Å²) in [7, 11) is 0. The summed E-state index contributed by atoms with van der Waals surface area (Å²) in [6.45, 7) is 5.75. The molecule has 2 heteroatoms. The molecule has 0 heterocycles. The third-order valence-corrected chi connectivity index (χ3v) is 4.95. The lowest BCUT2D eigenvalue weighted by Gasteiger charge is -2.39. The Balaban J connectivity index is 2.13. The molecule has 2 nitrogen and oxygen atoms in total. The molecule has 0 aromatic carbocycles. The van der Waals surface area contributed by atoms with E-state index in [-0.39, 0.29) is 11.6 Å². The maximum absolute atomic E-state index is 11.7. The Hall–Kier alpha value is -0.790. The number of carbonyl (C=O) groups excluding carboxylic acids is 1. The van der Waals surface area contributed by atoms with E-state index in [0.717, 1.165) is 25.2 Å². The largest absolute Gasteiger partial charge is 0.456 e. The highest BCUT2D eigenvalue weighted by Crippen LogP contribution is 2.52. The molecule has 2 saturated carbocycles.